The van der Waals surface area contributed by atoms with Gasteiger partial charge in [-0.1, -0.05) is 76.0 Å². The van der Waals surface area contributed by atoms with Crippen LogP contribution in [0.25, 0.3) is 0 Å². The molecule has 1 aromatic rings. The third-order valence-corrected chi connectivity index (χ3v) is 5.33. The topological polar surface area (TPSA) is 64.9 Å². The highest BCUT2D eigenvalue weighted by atomic mass is 16.1. The molecule has 2 rings (SSSR count). The van der Waals surface area contributed by atoms with Crippen molar-refractivity contribution in [3.05, 3.63) is 41.6 Å². The normalized spacial score (nSPS) is 17.9. The van der Waals surface area contributed by atoms with E-state index in [1.807, 2.05) is 37.3 Å². The van der Waals surface area contributed by atoms with Crippen LogP contribution in [0.15, 0.2) is 36.0 Å². The zero-order chi connectivity index (χ0) is 19.3. The van der Waals surface area contributed by atoms with E-state index in [0.717, 1.165) is 24.1 Å². The smallest absolute Gasteiger partial charge is 0.267 e. The van der Waals surface area contributed by atoms with E-state index in [1.165, 1.54) is 57.8 Å². The molecule has 0 atom stereocenters. The van der Waals surface area contributed by atoms with Crippen LogP contribution in [0.1, 0.15) is 76.2 Å². The molecule has 0 spiro atoms. The van der Waals surface area contributed by atoms with Gasteiger partial charge in [0.05, 0.1) is 0 Å². The molecule has 0 aliphatic heterocycles. The summed E-state index contributed by atoms with van der Waals surface area (Å²) in [7, 11) is 0. The Morgan fingerprint density at radius 1 is 1.00 bits per heavy atom. The van der Waals surface area contributed by atoms with Gasteiger partial charge in [-0.2, -0.15) is 5.26 Å². The van der Waals surface area contributed by atoms with Gasteiger partial charge in [0.1, 0.15) is 11.6 Å². The summed E-state index contributed by atoms with van der Waals surface area (Å²) in [5.74, 6) is -0.354. The number of carbonyl (C=O) groups is 1. The second-order valence-corrected chi connectivity index (χ2v) is 7.56. The Morgan fingerprint density at radius 3 is 2.11 bits per heavy atom. The molecular weight excluding hydrogens is 334 g/mol. The fraction of sp³-hybridized carbons (Fsp3) is 0.565. The summed E-state index contributed by atoms with van der Waals surface area (Å²) in [5.41, 5.74) is 1.86. The molecule has 1 saturated carbocycles. The quantitative estimate of drug-likeness (QED) is 0.537. The third kappa shape index (κ3) is 7.86. The summed E-state index contributed by atoms with van der Waals surface area (Å²) >= 11 is 0. The van der Waals surface area contributed by atoms with E-state index in [1.54, 1.807) is 6.20 Å². The zero-order valence-corrected chi connectivity index (χ0v) is 16.6. The Bertz CT molecular complexity index is 648. The van der Waals surface area contributed by atoms with Gasteiger partial charge in [-0.25, -0.2) is 0 Å². The molecule has 1 aromatic carbocycles. The highest BCUT2D eigenvalue weighted by Gasteiger charge is 2.13. The molecule has 0 unspecified atom stereocenters. The molecule has 1 fully saturated rings. The number of aryl methyl sites for hydroxylation is 1. The average molecular weight is 368 g/mol. The molecule has 4 heteroatoms. The molecular formula is C23H33N3O. The van der Waals surface area contributed by atoms with Gasteiger partial charge < -0.3 is 10.6 Å². The standard InChI is InChI=1S/C23H33N3O/c1-19-13-11-12-16-22(19)26-23(27)20(17-24)18-25-21-14-9-7-5-3-2-4-6-8-10-15-21/h11-13,16,18,21,25H,2-10,14-15H2,1H3,(H,26,27)/b20-18-. The van der Waals surface area contributed by atoms with Gasteiger partial charge in [-0.15, -0.1) is 0 Å². The van der Waals surface area contributed by atoms with Crippen LogP contribution in [0.3, 0.4) is 0 Å². The Labute approximate surface area is 164 Å². The zero-order valence-electron chi connectivity index (χ0n) is 16.6. The van der Waals surface area contributed by atoms with Crippen molar-refractivity contribution in [2.75, 3.05) is 5.32 Å². The van der Waals surface area contributed by atoms with Crippen molar-refractivity contribution in [3.8, 4) is 6.07 Å². The van der Waals surface area contributed by atoms with Crippen LogP contribution in [0.4, 0.5) is 5.69 Å². The number of nitriles is 1. The van der Waals surface area contributed by atoms with Gasteiger partial charge in [0.2, 0.25) is 0 Å². The number of hydrogen-bond donors (Lipinski definition) is 2. The first-order valence-corrected chi connectivity index (χ1v) is 10.4. The predicted molar refractivity (Wildman–Crippen MR) is 111 cm³/mol. The van der Waals surface area contributed by atoms with Gasteiger partial charge in [0.15, 0.2) is 0 Å². The van der Waals surface area contributed by atoms with E-state index in [4.69, 9.17) is 0 Å². The molecule has 4 nitrogen and oxygen atoms in total. The minimum Gasteiger partial charge on any atom is -0.387 e. The minimum absolute atomic E-state index is 0.129. The fourth-order valence-electron chi connectivity index (χ4n) is 3.58. The van der Waals surface area contributed by atoms with Crippen molar-refractivity contribution in [3.63, 3.8) is 0 Å². The van der Waals surface area contributed by atoms with Crippen LogP contribution < -0.4 is 10.6 Å². The van der Waals surface area contributed by atoms with E-state index in [0.29, 0.717) is 6.04 Å². The van der Waals surface area contributed by atoms with Crippen molar-refractivity contribution in [1.29, 1.82) is 5.26 Å². The summed E-state index contributed by atoms with van der Waals surface area (Å²) in [5, 5.41) is 15.6. The van der Waals surface area contributed by atoms with Crippen molar-refractivity contribution in [2.45, 2.75) is 83.6 Å². The predicted octanol–water partition coefficient (Wildman–Crippen LogP) is 5.60. The maximum Gasteiger partial charge on any atom is 0.267 e. The number of amides is 1. The van der Waals surface area contributed by atoms with Gasteiger partial charge in [0.25, 0.3) is 5.91 Å². The van der Waals surface area contributed by atoms with Crippen LogP contribution in [0, 0.1) is 18.3 Å². The SMILES string of the molecule is Cc1ccccc1NC(=O)/C(C#N)=C\NC1CCCCCCCCCCC1. The van der Waals surface area contributed by atoms with Crippen LogP contribution in [-0.4, -0.2) is 11.9 Å². The van der Waals surface area contributed by atoms with Crippen LogP contribution in [0.5, 0.6) is 0 Å². The molecule has 0 saturated heterocycles. The number of benzene rings is 1. The fourth-order valence-corrected chi connectivity index (χ4v) is 3.58. The second kappa shape index (κ2) is 12.2. The van der Waals surface area contributed by atoms with Gasteiger partial charge in [-0.3, -0.25) is 4.79 Å². The molecule has 146 valence electrons. The molecule has 2 N–H and O–H groups in total. The number of anilines is 1. The lowest BCUT2D eigenvalue weighted by Crippen LogP contribution is -2.26. The molecule has 0 bridgehead atoms. The highest BCUT2D eigenvalue weighted by molar-refractivity contribution is 6.06. The molecule has 27 heavy (non-hydrogen) atoms. The van der Waals surface area contributed by atoms with E-state index >= 15 is 0 Å². The van der Waals surface area contributed by atoms with Crippen molar-refractivity contribution >= 4 is 11.6 Å². The molecule has 1 aliphatic carbocycles. The summed E-state index contributed by atoms with van der Waals surface area (Å²) in [6, 6.07) is 9.98. The first-order valence-electron chi connectivity index (χ1n) is 10.4. The lowest BCUT2D eigenvalue weighted by atomic mass is 9.98. The first-order chi connectivity index (χ1) is 13.2. The summed E-state index contributed by atoms with van der Waals surface area (Å²) in [4.78, 5) is 12.4. The van der Waals surface area contributed by atoms with Gasteiger partial charge in [-0.05, 0) is 31.4 Å². The molecule has 1 amide bonds. The van der Waals surface area contributed by atoms with Gasteiger partial charge in [0, 0.05) is 17.9 Å². The highest BCUT2D eigenvalue weighted by Crippen LogP contribution is 2.17. The number of para-hydroxylation sites is 1. The lowest BCUT2D eigenvalue weighted by molar-refractivity contribution is -0.112. The first kappa shape index (κ1) is 21.0. The van der Waals surface area contributed by atoms with Gasteiger partial charge >= 0.3 is 0 Å². The molecule has 0 aromatic heterocycles. The molecule has 1 aliphatic rings. The van der Waals surface area contributed by atoms with E-state index in [2.05, 4.69) is 10.6 Å². The minimum atomic E-state index is -0.354. The van der Waals surface area contributed by atoms with Crippen molar-refractivity contribution in [2.24, 2.45) is 0 Å². The Balaban J connectivity index is 1.93. The Kier molecular flexibility index (Phi) is 9.48. The lowest BCUT2D eigenvalue weighted by Gasteiger charge is -2.18. The number of nitrogens with one attached hydrogen (secondary N) is 2. The van der Waals surface area contributed by atoms with Crippen molar-refractivity contribution < 1.29 is 4.79 Å². The van der Waals surface area contributed by atoms with Crippen LogP contribution >= 0.6 is 0 Å². The molecule has 0 radical (unpaired) electrons. The van der Waals surface area contributed by atoms with E-state index in [-0.39, 0.29) is 11.5 Å². The average Bonchev–Trinajstić information content (AvgIpc) is 2.66. The van der Waals surface area contributed by atoms with Crippen molar-refractivity contribution in [1.82, 2.24) is 5.32 Å². The molecule has 0 heterocycles. The maximum atomic E-state index is 12.4. The van der Waals surface area contributed by atoms with Crippen LogP contribution in [-0.2, 0) is 4.79 Å². The summed E-state index contributed by atoms with van der Waals surface area (Å²) < 4.78 is 0. The summed E-state index contributed by atoms with van der Waals surface area (Å²) in [6.45, 7) is 1.94. The number of carbonyl (C=O) groups excluding carboxylic acids is 1. The number of rotatable bonds is 4. The monoisotopic (exact) mass is 367 g/mol. The van der Waals surface area contributed by atoms with Crippen LogP contribution in [0.2, 0.25) is 0 Å². The second-order valence-electron chi connectivity index (χ2n) is 7.56. The maximum absolute atomic E-state index is 12.4. The van der Waals surface area contributed by atoms with E-state index < -0.39 is 0 Å². The van der Waals surface area contributed by atoms with E-state index in [9.17, 15) is 10.1 Å². The summed E-state index contributed by atoms with van der Waals surface area (Å²) in [6.07, 6.45) is 15.5. The third-order valence-electron chi connectivity index (χ3n) is 5.33. The number of nitrogens with zero attached hydrogens (tertiary/aromatic N) is 1. The Morgan fingerprint density at radius 2 is 1.56 bits per heavy atom. The largest absolute Gasteiger partial charge is 0.387 e. The number of hydrogen-bond acceptors (Lipinski definition) is 3. The Hall–Kier alpha value is -2.28.